The summed E-state index contributed by atoms with van der Waals surface area (Å²) < 4.78 is 0. The average molecular weight is 351 g/mol. The van der Waals surface area contributed by atoms with Gasteiger partial charge in [0.05, 0.1) is 31.3 Å². The highest BCUT2D eigenvalue weighted by Gasteiger charge is 2.33. The van der Waals surface area contributed by atoms with Gasteiger partial charge in [-0.05, 0) is 31.3 Å². The standard InChI is InChI=1S/C17H23N3O3.CH4.H2O/c1-14(22)20(23-13-15-5-3-2-4-6-15)17-8-7-16(11-18)19(12-17)9-10-21;;/h3,5-6,10,16-17H,2,4,7-9,12-13H2,1H3;1H4;1H2. The van der Waals surface area contributed by atoms with Crippen LogP contribution in [0.2, 0.25) is 0 Å². The Balaban J connectivity index is 0.00000288. The second-order valence-electron chi connectivity index (χ2n) is 5.87. The lowest BCUT2D eigenvalue weighted by molar-refractivity contribution is -0.200. The van der Waals surface area contributed by atoms with Crippen LogP contribution >= 0.6 is 0 Å². The minimum atomic E-state index is -0.269. The maximum atomic E-state index is 11.9. The Hall–Kier alpha value is -2.01. The number of aldehydes is 1. The van der Waals surface area contributed by atoms with Crippen molar-refractivity contribution in [2.75, 3.05) is 19.7 Å². The SMILES string of the molecule is C.CC(=O)N(OCC1=CCCC=C1)C1CCC(C#N)N(CC=O)C1.O. The molecule has 1 saturated heterocycles. The van der Waals surface area contributed by atoms with Crippen LogP contribution in [0.5, 0.6) is 0 Å². The van der Waals surface area contributed by atoms with Gasteiger partial charge in [-0.1, -0.05) is 25.7 Å². The Kier molecular flexibility index (Phi) is 10.6. The maximum absolute atomic E-state index is 11.9. The van der Waals surface area contributed by atoms with E-state index in [4.69, 9.17) is 10.1 Å². The smallest absolute Gasteiger partial charge is 0.243 e. The molecule has 1 heterocycles. The minimum Gasteiger partial charge on any atom is -0.412 e. The molecule has 0 aromatic rings. The molecule has 140 valence electrons. The Morgan fingerprint density at radius 1 is 1.48 bits per heavy atom. The molecule has 0 spiro atoms. The first-order valence-electron chi connectivity index (χ1n) is 8.01. The summed E-state index contributed by atoms with van der Waals surface area (Å²) in [5, 5.41) is 10.6. The van der Waals surface area contributed by atoms with E-state index >= 15 is 0 Å². The molecular formula is C18H29N3O4. The summed E-state index contributed by atoms with van der Waals surface area (Å²) in [5.41, 5.74) is 1.07. The van der Waals surface area contributed by atoms with Crippen molar-refractivity contribution in [3.8, 4) is 6.07 Å². The molecule has 7 heteroatoms. The third-order valence-corrected chi connectivity index (χ3v) is 4.20. The van der Waals surface area contributed by atoms with Crippen molar-refractivity contribution in [2.24, 2.45) is 0 Å². The number of carbonyl (C=O) groups excluding carboxylic acids is 2. The van der Waals surface area contributed by atoms with Gasteiger partial charge in [0, 0.05) is 13.5 Å². The van der Waals surface area contributed by atoms with Gasteiger partial charge in [-0.2, -0.15) is 5.26 Å². The van der Waals surface area contributed by atoms with Gasteiger partial charge < -0.3 is 10.3 Å². The molecule has 1 fully saturated rings. The van der Waals surface area contributed by atoms with Crippen LogP contribution in [-0.2, 0) is 14.4 Å². The van der Waals surface area contributed by atoms with Crippen molar-refractivity contribution in [3.63, 3.8) is 0 Å². The number of piperidine rings is 1. The van der Waals surface area contributed by atoms with Gasteiger partial charge in [-0.15, -0.1) is 0 Å². The summed E-state index contributed by atoms with van der Waals surface area (Å²) in [5.74, 6) is -0.156. The number of hydroxylamine groups is 2. The third-order valence-electron chi connectivity index (χ3n) is 4.20. The van der Waals surface area contributed by atoms with Gasteiger partial charge >= 0.3 is 0 Å². The zero-order valence-electron chi connectivity index (χ0n) is 14.0. The second-order valence-corrected chi connectivity index (χ2v) is 5.87. The van der Waals surface area contributed by atoms with Crippen molar-refractivity contribution >= 4 is 12.2 Å². The van der Waals surface area contributed by atoms with Crippen LogP contribution in [0.4, 0.5) is 0 Å². The second kappa shape index (κ2) is 11.5. The van der Waals surface area contributed by atoms with E-state index in [1.165, 1.54) is 12.0 Å². The van der Waals surface area contributed by atoms with Crippen molar-refractivity contribution in [1.29, 1.82) is 5.26 Å². The fourth-order valence-electron chi connectivity index (χ4n) is 3.03. The monoisotopic (exact) mass is 351 g/mol. The number of allylic oxidation sites excluding steroid dienone is 2. The molecule has 1 amide bonds. The largest absolute Gasteiger partial charge is 0.412 e. The lowest BCUT2D eigenvalue weighted by atomic mass is 9.99. The summed E-state index contributed by atoms with van der Waals surface area (Å²) in [6.45, 7) is 2.52. The molecule has 2 N–H and O–H groups in total. The van der Waals surface area contributed by atoms with E-state index in [9.17, 15) is 9.59 Å². The molecule has 0 bridgehead atoms. The van der Waals surface area contributed by atoms with Gasteiger partial charge in [0.1, 0.15) is 6.29 Å². The van der Waals surface area contributed by atoms with Crippen molar-refractivity contribution < 1.29 is 19.9 Å². The highest BCUT2D eigenvalue weighted by Crippen LogP contribution is 2.22. The first kappa shape index (κ1) is 23.0. The molecule has 0 saturated carbocycles. The van der Waals surface area contributed by atoms with E-state index in [0.717, 1.165) is 24.7 Å². The van der Waals surface area contributed by atoms with E-state index in [1.807, 2.05) is 6.08 Å². The number of carbonyl (C=O) groups is 2. The van der Waals surface area contributed by atoms with E-state index in [-0.39, 0.29) is 37.4 Å². The molecule has 0 radical (unpaired) electrons. The van der Waals surface area contributed by atoms with Crippen LogP contribution in [-0.4, -0.2) is 59.4 Å². The molecule has 0 aromatic carbocycles. The summed E-state index contributed by atoms with van der Waals surface area (Å²) in [4.78, 5) is 30.3. The fraction of sp³-hybridized carbons (Fsp3) is 0.611. The molecule has 7 nitrogen and oxygen atoms in total. The number of amides is 1. The molecule has 1 aliphatic heterocycles. The molecule has 2 aliphatic rings. The molecule has 2 unspecified atom stereocenters. The number of likely N-dealkylation sites (tertiary alicyclic amines) is 1. The summed E-state index contributed by atoms with van der Waals surface area (Å²) in [7, 11) is 0. The predicted octanol–water partition coefficient (Wildman–Crippen LogP) is 1.41. The zero-order valence-corrected chi connectivity index (χ0v) is 14.0. The summed E-state index contributed by atoms with van der Waals surface area (Å²) in [6.07, 6.45) is 10.4. The highest BCUT2D eigenvalue weighted by molar-refractivity contribution is 5.72. The molecular weight excluding hydrogens is 322 g/mol. The summed E-state index contributed by atoms with van der Waals surface area (Å²) >= 11 is 0. The number of nitrogens with zero attached hydrogens (tertiary/aromatic N) is 3. The molecule has 1 aliphatic carbocycles. The van der Waals surface area contributed by atoms with Crippen LogP contribution in [0.3, 0.4) is 0 Å². The molecule has 0 aromatic heterocycles. The summed E-state index contributed by atoms with van der Waals surface area (Å²) in [6, 6.07) is 1.81. The molecule has 2 atom stereocenters. The van der Waals surface area contributed by atoms with Gasteiger partial charge in [0.2, 0.25) is 5.91 Å². The first-order chi connectivity index (χ1) is 11.2. The van der Waals surface area contributed by atoms with Gasteiger partial charge in [-0.3, -0.25) is 14.5 Å². The van der Waals surface area contributed by atoms with E-state index in [1.54, 1.807) is 4.90 Å². The maximum Gasteiger partial charge on any atom is 0.243 e. The lowest BCUT2D eigenvalue weighted by Crippen LogP contribution is -2.53. The van der Waals surface area contributed by atoms with E-state index in [0.29, 0.717) is 26.0 Å². The van der Waals surface area contributed by atoms with Crippen LogP contribution in [0.15, 0.2) is 23.8 Å². The number of hydrogen-bond donors (Lipinski definition) is 0. The van der Waals surface area contributed by atoms with Crippen LogP contribution in [0, 0.1) is 11.3 Å². The number of hydrogen-bond acceptors (Lipinski definition) is 5. The quantitative estimate of drug-likeness (QED) is 0.531. The van der Waals surface area contributed by atoms with E-state index < -0.39 is 0 Å². The minimum absolute atomic E-state index is 0. The third kappa shape index (κ3) is 6.42. The number of rotatable bonds is 6. The Morgan fingerprint density at radius 2 is 2.24 bits per heavy atom. The Labute approximate surface area is 149 Å². The fourth-order valence-corrected chi connectivity index (χ4v) is 3.03. The lowest BCUT2D eigenvalue weighted by Gasteiger charge is -2.39. The predicted molar refractivity (Wildman–Crippen MR) is 95.3 cm³/mol. The Morgan fingerprint density at radius 3 is 2.80 bits per heavy atom. The highest BCUT2D eigenvalue weighted by atomic mass is 16.7. The molecule has 25 heavy (non-hydrogen) atoms. The molecule has 2 rings (SSSR count). The van der Waals surface area contributed by atoms with E-state index in [2.05, 4.69) is 18.2 Å². The van der Waals surface area contributed by atoms with Gasteiger partial charge in [0.25, 0.3) is 0 Å². The first-order valence-corrected chi connectivity index (χ1v) is 8.01. The van der Waals surface area contributed by atoms with Gasteiger partial charge in [-0.25, -0.2) is 5.06 Å². The number of nitriles is 1. The van der Waals surface area contributed by atoms with Crippen LogP contribution in [0.1, 0.15) is 40.0 Å². The van der Waals surface area contributed by atoms with Crippen molar-refractivity contribution in [2.45, 2.75) is 52.1 Å². The van der Waals surface area contributed by atoms with Crippen LogP contribution < -0.4 is 0 Å². The van der Waals surface area contributed by atoms with Crippen LogP contribution in [0.25, 0.3) is 0 Å². The zero-order chi connectivity index (χ0) is 16.7. The average Bonchev–Trinajstić information content (AvgIpc) is 2.56. The Bertz CT molecular complexity index is 539. The van der Waals surface area contributed by atoms with Crippen molar-refractivity contribution in [3.05, 3.63) is 23.8 Å². The topological polar surface area (TPSA) is 105 Å². The van der Waals surface area contributed by atoms with Crippen molar-refractivity contribution in [1.82, 2.24) is 9.96 Å². The normalized spacial score (nSPS) is 22.6. The van der Waals surface area contributed by atoms with Gasteiger partial charge in [0.15, 0.2) is 0 Å².